The average Bonchev–Trinajstić information content (AvgIpc) is 3.31. The van der Waals surface area contributed by atoms with E-state index < -0.39 is 17.7 Å². The number of carbonyl (C=O) groups is 2. The van der Waals surface area contributed by atoms with Gasteiger partial charge < -0.3 is 15.1 Å². The van der Waals surface area contributed by atoms with Gasteiger partial charge in [-0.25, -0.2) is 0 Å². The average molecular weight is 391 g/mol. The van der Waals surface area contributed by atoms with E-state index in [0.29, 0.717) is 11.1 Å². The first kappa shape index (κ1) is 18.0. The van der Waals surface area contributed by atoms with Crippen LogP contribution in [0, 0.1) is 0 Å². The fourth-order valence-electron chi connectivity index (χ4n) is 3.37. The molecule has 1 aromatic heterocycles. The number of phenolic OH excluding ortho intramolecular Hbond substituents is 1. The second kappa shape index (κ2) is 7.32. The van der Waals surface area contributed by atoms with Gasteiger partial charge in [0.15, 0.2) is 0 Å². The van der Waals surface area contributed by atoms with Crippen LogP contribution in [0.5, 0.6) is 5.75 Å². The Kier molecular flexibility index (Phi) is 4.71. The highest BCUT2D eigenvalue weighted by Crippen LogP contribution is 2.40. The zero-order valence-electron chi connectivity index (χ0n) is 14.8. The first-order valence-corrected chi connectivity index (χ1v) is 9.59. The van der Waals surface area contributed by atoms with Gasteiger partial charge >= 0.3 is 0 Å². The summed E-state index contributed by atoms with van der Waals surface area (Å²) < 4.78 is 0. The van der Waals surface area contributed by atoms with Crippen LogP contribution < -0.4 is 0 Å². The lowest BCUT2D eigenvalue weighted by molar-refractivity contribution is -0.140. The van der Waals surface area contributed by atoms with Crippen molar-refractivity contribution in [1.82, 2.24) is 4.90 Å². The van der Waals surface area contributed by atoms with Crippen molar-refractivity contribution in [2.24, 2.45) is 0 Å². The van der Waals surface area contributed by atoms with Crippen LogP contribution in [0.1, 0.15) is 22.0 Å². The number of Topliss-reactive ketones (excluding diaryl/α,β-unsaturated/α-hetero) is 1. The molecule has 0 bridgehead atoms. The van der Waals surface area contributed by atoms with Crippen molar-refractivity contribution in [2.45, 2.75) is 12.6 Å². The largest absolute Gasteiger partial charge is 0.508 e. The number of hydrogen-bond acceptors (Lipinski definition) is 5. The van der Waals surface area contributed by atoms with Crippen LogP contribution in [0.3, 0.4) is 0 Å². The minimum Gasteiger partial charge on any atom is -0.508 e. The van der Waals surface area contributed by atoms with E-state index in [2.05, 4.69) is 0 Å². The molecule has 1 atom stereocenters. The Morgan fingerprint density at radius 1 is 0.964 bits per heavy atom. The van der Waals surface area contributed by atoms with E-state index in [-0.39, 0.29) is 23.6 Å². The van der Waals surface area contributed by atoms with Crippen molar-refractivity contribution >= 4 is 28.8 Å². The lowest BCUT2D eigenvalue weighted by atomic mass is 9.95. The first-order chi connectivity index (χ1) is 13.6. The van der Waals surface area contributed by atoms with Gasteiger partial charge in [0.05, 0.1) is 18.2 Å². The number of amides is 1. The van der Waals surface area contributed by atoms with Crippen molar-refractivity contribution < 1.29 is 19.8 Å². The molecule has 140 valence electrons. The number of nitrogens with zero attached hydrogens (tertiary/aromatic N) is 1. The highest BCUT2D eigenvalue weighted by atomic mass is 32.1. The molecule has 0 aliphatic carbocycles. The summed E-state index contributed by atoms with van der Waals surface area (Å²) in [5, 5.41) is 22.4. The van der Waals surface area contributed by atoms with E-state index in [0.717, 1.165) is 4.88 Å². The molecule has 5 nitrogen and oxygen atoms in total. The van der Waals surface area contributed by atoms with Crippen LogP contribution in [0.2, 0.25) is 0 Å². The third kappa shape index (κ3) is 3.18. The molecule has 1 unspecified atom stereocenters. The van der Waals surface area contributed by atoms with Crippen molar-refractivity contribution in [2.75, 3.05) is 0 Å². The Morgan fingerprint density at radius 2 is 1.68 bits per heavy atom. The molecule has 28 heavy (non-hydrogen) atoms. The summed E-state index contributed by atoms with van der Waals surface area (Å²) in [5.41, 5.74) is 1.17. The molecule has 1 saturated heterocycles. The van der Waals surface area contributed by atoms with Crippen molar-refractivity contribution in [1.29, 1.82) is 0 Å². The molecule has 0 saturated carbocycles. The standard InChI is InChI=1S/C22H17NO4S/c24-16-10-8-14(9-11-16)19-18(20(25)15-5-2-1-3-6-15)21(26)22(27)23(19)13-17-7-4-12-28-17/h1-12,19,24-25H,13H2/b20-18-. The minimum atomic E-state index is -0.733. The quantitative estimate of drug-likeness (QED) is 0.399. The topological polar surface area (TPSA) is 77.8 Å². The van der Waals surface area contributed by atoms with E-state index in [9.17, 15) is 19.8 Å². The molecular formula is C22H17NO4S. The van der Waals surface area contributed by atoms with Crippen LogP contribution in [0.25, 0.3) is 5.76 Å². The second-order valence-corrected chi connectivity index (χ2v) is 7.50. The maximum atomic E-state index is 12.9. The predicted octanol–water partition coefficient (Wildman–Crippen LogP) is 4.08. The highest BCUT2D eigenvalue weighted by Gasteiger charge is 2.46. The molecule has 6 heteroatoms. The van der Waals surface area contributed by atoms with Crippen molar-refractivity contribution in [3.05, 3.63) is 93.7 Å². The maximum absolute atomic E-state index is 12.9. The van der Waals surface area contributed by atoms with Gasteiger partial charge in [0.25, 0.3) is 11.7 Å². The number of aromatic hydroxyl groups is 1. The monoisotopic (exact) mass is 391 g/mol. The normalized spacial score (nSPS) is 18.6. The van der Waals surface area contributed by atoms with Gasteiger partial charge in [-0.05, 0) is 29.1 Å². The Morgan fingerprint density at radius 3 is 2.32 bits per heavy atom. The molecule has 2 N–H and O–H groups in total. The molecule has 1 aliphatic rings. The fraction of sp³-hybridized carbons (Fsp3) is 0.0909. The molecule has 0 radical (unpaired) electrons. The summed E-state index contributed by atoms with van der Waals surface area (Å²) >= 11 is 1.49. The van der Waals surface area contributed by atoms with Crippen LogP contribution in [0.15, 0.2) is 77.7 Å². The molecule has 2 heterocycles. The molecular weight excluding hydrogens is 374 g/mol. The summed E-state index contributed by atoms with van der Waals surface area (Å²) in [4.78, 5) is 28.1. The van der Waals surface area contributed by atoms with Gasteiger partial charge in [-0.2, -0.15) is 0 Å². The number of phenols is 1. The van der Waals surface area contributed by atoms with Crippen LogP contribution in [-0.4, -0.2) is 26.8 Å². The number of benzene rings is 2. The summed E-state index contributed by atoms with van der Waals surface area (Å²) in [7, 11) is 0. The van der Waals surface area contributed by atoms with E-state index in [1.54, 1.807) is 36.4 Å². The molecule has 4 rings (SSSR count). The van der Waals surface area contributed by atoms with E-state index in [1.807, 2.05) is 23.6 Å². The molecule has 1 fully saturated rings. The minimum absolute atomic E-state index is 0.0541. The summed E-state index contributed by atoms with van der Waals surface area (Å²) in [6, 6.07) is 18.1. The number of likely N-dealkylation sites (tertiary alicyclic amines) is 1. The third-order valence-corrected chi connectivity index (χ3v) is 5.56. The number of thiophene rings is 1. The molecule has 2 aromatic carbocycles. The number of rotatable bonds is 4. The fourth-order valence-corrected chi connectivity index (χ4v) is 4.07. The van der Waals surface area contributed by atoms with Gasteiger partial charge in [-0.1, -0.05) is 48.5 Å². The number of aliphatic hydroxyl groups excluding tert-OH is 1. The zero-order valence-corrected chi connectivity index (χ0v) is 15.6. The number of aliphatic hydroxyl groups is 1. The van der Waals surface area contributed by atoms with Gasteiger partial charge in [-0.15, -0.1) is 11.3 Å². The lowest BCUT2D eigenvalue weighted by Crippen LogP contribution is -2.28. The third-order valence-electron chi connectivity index (χ3n) is 4.70. The Bertz CT molecular complexity index is 1040. The molecule has 1 aliphatic heterocycles. The van der Waals surface area contributed by atoms with Gasteiger partial charge in [-0.3, -0.25) is 9.59 Å². The Hall–Kier alpha value is -3.38. The van der Waals surface area contributed by atoms with Gasteiger partial charge in [0.2, 0.25) is 0 Å². The van der Waals surface area contributed by atoms with Gasteiger partial charge in [0.1, 0.15) is 11.5 Å². The number of carbonyl (C=O) groups excluding carboxylic acids is 2. The maximum Gasteiger partial charge on any atom is 0.295 e. The first-order valence-electron chi connectivity index (χ1n) is 8.71. The second-order valence-electron chi connectivity index (χ2n) is 6.46. The van der Waals surface area contributed by atoms with Crippen molar-refractivity contribution in [3.8, 4) is 5.75 Å². The Labute approximate surface area is 165 Å². The van der Waals surface area contributed by atoms with E-state index in [1.165, 1.54) is 28.4 Å². The lowest BCUT2D eigenvalue weighted by Gasteiger charge is -2.25. The van der Waals surface area contributed by atoms with E-state index >= 15 is 0 Å². The number of ketones is 1. The molecule has 1 amide bonds. The predicted molar refractivity (Wildman–Crippen MR) is 107 cm³/mol. The SMILES string of the molecule is O=C1C(=O)N(Cc2cccs2)C(c2ccc(O)cc2)/C1=C(/O)c1ccccc1. The zero-order chi connectivity index (χ0) is 19.7. The van der Waals surface area contributed by atoms with E-state index in [4.69, 9.17) is 0 Å². The van der Waals surface area contributed by atoms with Crippen LogP contribution in [0.4, 0.5) is 0 Å². The van der Waals surface area contributed by atoms with Crippen LogP contribution in [-0.2, 0) is 16.1 Å². The van der Waals surface area contributed by atoms with Crippen LogP contribution >= 0.6 is 11.3 Å². The smallest absolute Gasteiger partial charge is 0.295 e. The summed E-state index contributed by atoms with van der Waals surface area (Å²) in [6.07, 6.45) is 0. The van der Waals surface area contributed by atoms with Gasteiger partial charge in [0, 0.05) is 10.4 Å². The highest BCUT2D eigenvalue weighted by molar-refractivity contribution is 7.09. The number of hydrogen-bond donors (Lipinski definition) is 2. The molecule has 3 aromatic rings. The summed E-state index contributed by atoms with van der Waals surface area (Å²) in [5.74, 6) is -1.48. The summed E-state index contributed by atoms with van der Waals surface area (Å²) in [6.45, 7) is 0.263. The van der Waals surface area contributed by atoms with Crippen molar-refractivity contribution in [3.63, 3.8) is 0 Å². The Balaban J connectivity index is 1.86. The molecule has 0 spiro atoms.